The number of benzene rings is 3. The van der Waals surface area contributed by atoms with E-state index in [4.69, 9.17) is 16.3 Å². The van der Waals surface area contributed by atoms with E-state index >= 15 is 0 Å². The van der Waals surface area contributed by atoms with Crippen LogP contribution in [-0.4, -0.2) is 18.1 Å². The first-order chi connectivity index (χ1) is 15.1. The second-order valence-electron chi connectivity index (χ2n) is 6.66. The molecule has 0 saturated carbocycles. The fraction of sp³-hybridized carbons (Fsp3) is 0.0417. The zero-order chi connectivity index (χ0) is 21.6. The number of hydrogen-bond donors (Lipinski definition) is 1. The number of nitrogens with zero attached hydrogens (tertiary/aromatic N) is 1. The number of halogens is 1. The quantitative estimate of drug-likeness (QED) is 0.184. The van der Waals surface area contributed by atoms with Crippen molar-refractivity contribution in [3.8, 4) is 5.75 Å². The van der Waals surface area contributed by atoms with Crippen LogP contribution in [0.5, 0.6) is 5.75 Å². The molecule has 1 amide bonds. The van der Waals surface area contributed by atoms with E-state index in [1.54, 1.807) is 24.3 Å². The molecule has 0 aliphatic heterocycles. The molecule has 0 unspecified atom stereocenters. The van der Waals surface area contributed by atoms with Crippen LogP contribution in [0, 0.1) is 0 Å². The van der Waals surface area contributed by atoms with Crippen molar-refractivity contribution in [2.75, 3.05) is 0 Å². The van der Waals surface area contributed by atoms with Crippen molar-refractivity contribution in [3.05, 3.63) is 99.9 Å². The number of rotatable bonds is 6. The van der Waals surface area contributed by atoms with Crippen molar-refractivity contribution < 1.29 is 14.3 Å². The fourth-order valence-corrected chi connectivity index (χ4v) is 4.31. The molecule has 5 nitrogen and oxygen atoms in total. The number of ether oxygens (including phenoxy) is 1. The van der Waals surface area contributed by atoms with Gasteiger partial charge in [-0.3, -0.25) is 4.79 Å². The Hall–Kier alpha value is -3.48. The third-order valence-electron chi connectivity index (χ3n) is 4.42. The molecule has 7 heteroatoms. The standard InChI is InChI=1S/C24H17ClN2O3S/c25-22-19-8-4-5-9-20(19)31-23(22)24(29)30-18-12-10-17(11-13-18)15-26-27-21(28)14-16-6-2-1-3-7-16/h1-13,15H,14H2,(H,27,28). The molecule has 4 rings (SSSR count). The predicted octanol–water partition coefficient (Wildman–Crippen LogP) is 5.47. The van der Waals surface area contributed by atoms with Crippen molar-refractivity contribution >= 4 is 51.1 Å². The minimum Gasteiger partial charge on any atom is -0.422 e. The Labute approximate surface area is 187 Å². The Morgan fingerprint density at radius 1 is 0.968 bits per heavy atom. The lowest BCUT2D eigenvalue weighted by molar-refractivity contribution is -0.120. The molecule has 0 fully saturated rings. The molecule has 0 saturated heterocycles. The maximum Gasteiger partial charge on any atom is 0.355 e. The molecule has 4 aromatic rings. The summed E-state index contributed by atoms with van der Waals surface area (Å²) in [6, 6.07) is 23.8. The summed E-state index contributed by atoms with van der Waals surface area (Å²) < 4.78 is 6.38. The van der Waals surface area contributed by atoms with Crippen LogP contribution in [0.2, 0.25) is 5.02 Å². The number of carbonyl (C=O) groups is 2. The highest BCUT2D eigenvalue weighted by atomic mass is 35.5. The van der Waals surface area contributed by atoms with E-state index in [2.05, 4.69) is 10.5 Å². The zero-order valence-corrected chi connectivity index (χ0v) is 17.8. The highest BCUT2D eigenvalue weighted by Gasteiger charge is 2.18. The average Bonchev–Trinajstić information content (AvgIpc) is 3.12. The molecule has 0 aliphatic rings. The van der Waals surface area contributed by atoms with Gasteiger partial charge in [0.15, 0.2) is 0 Å². The van der Waals surface area contributed by atoms with Crippen LogP contribution < -0.4 is 10.2 Å². The van der Waals surface area contributed by atoms with Crippen LogP contribution in [0.15, 0.2) is 84.0 Å². The van der Waals surface area contributed by atoms with E-state index in [9.17, 15) is 9.59 Å². The predicted molar refractivity (Wildman–Crippen MR) is 124 cm³/mol. The van der Waals surface area contributed by atoms with E-state index in [1.807, 2.05) is 54.6 Å². The topological polar surface area (TPSA) is 67.8 Å². The van der Waals surface area contributed by atoms with Gasteiger partial charge in [-0.2, -0.15) is 5.10 Å². The van der Waals surface area contributed by atoms with Crippen LogP contribution in [0.1, 0.15) is 20.8 Å². The number of amides is 1. The van der Waals surface area contributed by atoms with Gasteiger partial charge < -0.3 is 4.74 Å². The number of thiophene rings is 1. The molecule has 1 N–H and O–H groups in total. The molecule has 3 aromatic carbocycles. The first-order valence-electron chi connectivity index (χ1n) is 9.45. The van der Waals surface area contributed by atoms with E-state index in [0.29, 0.717) is 15.6 Å². The zero-order valence-electron chi connectivity index (χ0n) is 16.2. The molecule has 154 valence electrons. The first kappa shape index (κ1) is 20.8. The van der Waals surface area contributed by atoms with Gasteiger partial charge in [0, 0.05) is 10.1 Å². The molecule has 0 radical (unpaired) electrons. The molecule has 1 heterocycles. The van der Waals surface area contributed by atoms with Gasteiger partial charge in [0.25, 0.3) is 0 Å². The highest BCUT2D eigenvalue weighted by Crippen LogP contribution is 2.35. The summed E-state index contributed by atoms with van der Waals surface area (Å²) in [7, 11) is 0. The summed E-state index contributed by atoms with van der Waals surface area (Å²) in [5.74, 6) is -0.308. The molecule has 0 bridgehead atoms. The van der Waals surface area contributed by atoms with Crippen LogP contribution in [0.25, 0.3) is 10.1 Å². The summed E-state index contributed by atoms with van der Waals surface area (Å²) in [5.41, 5.74) is 4.17. The maximum atomic E-state index is 12.5. The Balaban J connectivity index is 1.34. The van der Waals surface area contributed by atoms with Crippen molar-refractivity contribution in [1.29, 1.82) is 0 Å². The van der Waals surface area contributed by atoms with Crippen LogP contribution >= 0.6 is 22.9 Å². The second kappa shape index (κ2) is 9.55. The van der Waals surface area contributed by atoms with Gasteiger partial charge in [0.05, 0.1) is 17.7 Å². The van der Waals surface area contributed by atoms with E-state index in [0.717, 1.165) is 21.2 Å². The number of hydrazone groups is 1. The Morgan fingerprint density at radius 2 is 1.68 bits per heavy atom. The lowest BCUT2D eigenvalue weighted by atomic mass is 10.1. The minimum atomic E-state index is -0.499. The normalized spacial score (nSPS) is 11.0. The van der Waals surface area contributed by atoms with Gasteiger partial charge in [0.2, 0.25) is 5.91 Å². The third kappa shape index (κ3) is 5.17. The van der Waals surface area contributed by atoms with Crippen molar-refractivity contribution in [1.82, 2.24) is 5.43 Å². The van der Waals surface area contributed by atoms with E-state index in [1.165, 1.54) is 17.6 Å². The van der Waals surface area contributed by atoms with Crippen LogP contribution in [-0.2, 0) is 11.2 Å². The van der Waals surface area contributed by atoms with Crippen molar-refractivity contribution in [3.63, 3.8) is 0 Å². The molecule has 1 aromatic heterocycles. The van der Waals surface area contributed by atoms with Gasteiger partial charge >= 0.3 is 5.97 Å². The lowest BCUT2D eigenvalue weighted by Crippen LogP contribution is -2.19. The third-order valence-corrected chi connectivity index (χ3v) is 6.08. The Morgan fingerprint density at radius 3 is 2.42 bits per heavy atom. The number of carbonyl (C=O) groups excluding carboxylic acids is 2. The van der Waals surface area contributed by atoms with Gasteiger partial charge in [-0.1, -0.05) is 60.1 Å². The number of esters is 1. The van der Waals surface area contributed by atoms with Gasteiger partial charge in [-0.25, -0.2) is 10.2 Å². The molecule has 0 spiro atoms. The number of hydrogen-bond acceptors (Lipinski definition) is 5. The van der Waals surface area contributed by atoms with Crippen LogP contribution in [0.4, 0.5) is 0 Å². The highest BCUT2D eigenvalue weighted by molar-refractivity contribution is 7.21. The first-order valence-corrected chi connectivity index (χ1v) is 10.6. The Kier molecular flexibility index (Phi) is 6.40. The fourth-order valence-electron chi connectivity index (χ4n) is 2.92. The van der Waals surface area contributed by atoms with E-state index < -0.39 is 5.97 Å². The smallest absolute Gasteiger partial charge is 0.355 e. The monoisotopic (exact) mass is 448 g/mol. The molecular weight excluding hydrogens is 432 g/mol. The summed E-state index contributed by atoms with van der Waals surface area (Å²) in [5, 5.41) is 5.20. The van der Waals surface area contributed by atoms with Crippen molar-refractivity contribution in [2.24, 2.45) is 5.10 Å². The molecule has 31 heavy (non-hydrogen) atoms. The summed E-state index contributed by atoms with van der Waals surface area (Å²) >= 11 is 7.64. The number of nitrogens with one attached hydrogen (secondary N) is 1. The summed E-state index contributed by atoms with van der Waals surface area (Å²) in [6.07, 6.45) is 1.78. The lowest BCUT2D eigenvalue weighted by Gasteiger charge is -2.03. The summed E-state index contributed by atoms with van der Waals surface area (Å²) in [4.78, 5) is 24.8. The average molecular weight is 449 g/mol. The van der Waals surface area contributed by atoms with Gasteiger partial charge in [0.1, 0.15) is 10.6 Å². The number of fused-ring (bicyclic) bond motifs is 1. The maximum absolute atomic E-state index is 12.5. The summed E-state index contributed by atoms with van der Waals surface area (Å²) in [6.45, 7) is 0. The molecule has 0 aliphatic carbocycles. The second-order valence-corrected chi connectivity index (χ2v) is 8.09. The SMILES string of the molecule is O=C(Cc1ccccc1)NN=Cc1ccc(OC(=O)c2sc3ccccc3c2Cl)cc1. The Bertz CT molecular complexity index is 1250. The molecule has 0 atom stereocenters. The molecular formula is C24H17ClN2O3S. The minimum absolute atomic E-state index is 0.201. The van der Waals surface area contributed by atoms with Crippen LogP contribution in [0.3, 0.4) is 0 Å². The van der Waals surface area contributed by atoms with Gasteiger partial charge in [-0.05, 0) is 41.5 Å². The van der Waals surface area contributed by atoms with E-state index in [-0.39, 0.29) is 12.3 Å². The van der Waals surface area contributed by atoms with Gasteiger partial charge in [-0.15, -0.1) is 11.3 Å². The van der Waals surface area contributed by atoms with Crippen molar-refractivity contribution in [2.45, 2.75) is 6.42 Å². The largest absolute Gasteiger partial charge is 0.422 e.